The summed E-state index contributed by atoms with van der Waals surface area (Å²) in [6, 6.07) is 0. The number of carbonyl (C=O) groups is 2. The molecule has 5 heteroatoms. The lowest BCUT2D eigenvalue weighted by atomic mass is 9.84. The Morgan fingerprint density at radius 3 is 2.28 bits per heavy atom. The van der Waals surface area contributed by atoms with Crippen molar-refractivity contribution >= 4 is 12.0 Å². The lowest BCUT2D eigenvalue weighted by molar-refractivity contribution is -0.137. The minimum Gasteiger partial charge on any atom is -0.444 e. The molecule has 140 valence electrons. The normalized spacial score (nSPS) is 27.8. The highest BCUT2D eigenvalue weighted by atomic mass is 16.6. The highest BCUT2D eigenvalue weighted by Gasteiger charge is 2.37. The number of ether oxygens (including phenoxy) is 1. The number of hydrogen-bond acceptors (Lipinski definition) is 3. The van der Waals surface area contributed by atoms with Gasteiger partial charge in [-0.1, -0.05) is 12.2 Å². The second-order valence-corrected chi connectivity index (χ2v) is 8.80. The predicted molar refractivity (Wildman–Crippen MR) is 97.1 cm³/mol. The Morgan fingerprint density at radius 1 is 0.960 bits per heavy atom. The van der Waals surface area contributed by atoms with Gasteiger partial charge in [0.1, 0.15) is 5.60 Å². The van der Waals surface area contributed by atoms with E-state index >= 15 is 0 Å². The molecular formula is C20H32N2O3. The van der Waals surface area contributed by atoms with Gasteiger partial charge < -0.3 is 14.5 Å². The number of nitrogens with zero attached hydrogens (tertiary/aromatic N) is 2. The fraction of sp³-hybridized carbons (Fsp3) is 0.800. The van der Waals surface area contributed by atoms with E-state index in [-0.39, 0.29) is 12.0 Å². The van der Waals surface area contributed by atoms with Crippen LogP contribution in [-0.2, 0) is 9.53 Å². The highest BCUT2D eigenvalue weighted by Crippen LogP contribution is 2.33. The van der Waals surface area contributed by atoms with E-state index in [1.54, 1.807) is 0 Å². The Hall–Kier alpha value is -1.52. The summed E-state index contributed by atoms with van der Waals surface area (Å²) in [4.78, 5) is 28.9. The topological polar surface area (TPSA) is 49.9 Å². The van der Waals surface area contributed by atoms with Gasteiger partial charge in [0.25, 0.3) is 0 Å². The molecule has 0 N–H and O–H groups in total. The van der Waals surface area contributed by atoms with Crippen LogP contribution < -0.4 is 0 Å². The number of carbonyl (C=O) groups excluding carboxylic acids is 2. The van der Waals surface area contributed by atoms with Crippen LogP contribution in [0.15, 0.2) is 12.2 Å². The summed E-state index contributed by atoms with van der Waals surface area (Å²) in [6.07, 6.45) is 9.12. The first-order chi connectivity index (χ1) is 11.8. The molecule has 2 saturated heterocycles. The molecule has 0 aromatic heterocycles. The van der Waals surface area contributed by atoms with Crippen LogP contribution in [0.3, 0.4) is 0 Å². The van der Waals surface area contributed by atoms with Crippen molar-refractivity contribution in [1.82, 2.24) is 9.80 Å². The van der Waals surface area contributed by atoms with Gasteiger partial charge in [-0.15, -0.1) is 0 Å². The van der Waals surface area contributed by atoms with Crippen LogP contribution in [0.5, 0.6) is 0 Å². The molecular weight excluding hydrogens is 316 g/mol. The zero-order chi connectivity index (χ0) is 18.0. The van der Waals surface area contributed by atoms with Gasteiger partial charge >= 0.3 is 6.09 Å². The molecule has 25 heavy (non-hydrogen) atoms. The van der Waals surface area contributed by atoms with Gasteiger partial charge in [-0.05, 0) is 64.7 Å². The molecule has 0 radical (unpaired) electrons. The van der Waals surface area contributed by atoms with Crippen LogP contribution in [0, 0.1) is 17.8 Å². The van der Waals surface area contributed by atoms with Gasteiger partial charge in [0.05, 0.1) is 0 Å². The maximum absolute atomic E-state index is 12.7. The zero-order valence-electron chi connectivity index (χ0n) is 15.9. The fourth-order valence-corrected chi connectivity index (χ4v) is 4.34. The van der Waals surface area contributed by atoms with Gasteiger partial charge in [-0.2, -0.15) is 0 Å². The lowest BCUT2D eigenvalue weighted by Gasteiger charge is -2.37. The molecule has 0 unspecified atom stereocenters. The third-order valence-electron chi connectivity index (χ3n) is 5.67. The average molecular weight is 348 g/mol. The lowest BCUT2D eigenvalue weighted by Crippen LogP contribution is -2.45. The van der Waals surface area contributed by atoms with Crippen LogP contribution in [0.25, 0.3) is 0 Å². The summed E-state index contributed by atoms with van der Waals surface area (Å²) >= 11 is 0. The standard InChI is InChI=1S/C20H32N2O3/c1-20(2,3)25-19(24)22-12-10-17(14-22)16-9-6-11-21(13-16)18(23)15-7-4-5-8-15/h4-5,15-17H,6-14H2,1-3H3/t16-,17-/m1/s1. The van der Waals surface area contributed by atoms with Gasteiger partial charge in [-0.3, -0.25) is 4.79 Å². The number of hydrogen-bond donors (Lipinski definition) is 0. The van der Waals surface area contributed by atoms with Crippen molar-refractivity contribution in [2.24, 2.45) is 17.8 Å². The summed E-state index contributed by atoms with van der Waals surface area (Å²) in [6.45, 7) is 9.02. The van der Waals surface area contributed by atoms with Crippen molar-refractivity contribution in [3.63, 3.8) is 0 Å². The molecule has 0 spiro atoms. The van der Waals surface area contributed by atoms with Crippen LogP contribution >= 0.6 is 0 Å². The molecule has 0 aromatic rings. The Labute approximate surface area is 151 Å². The zero-order valence-corrected chi connectivity index (χ0v) is 15.9. The van der Waals surface area contributed by atoms with Gasteiger partial charge in [-0.25, -0.2) is 4.79 Å². The first-order valence-electron chi connectivity index (χ1n) is 9.75. The van der Waals surface area contributed by atoms with Crippen molar-refractivity contribution in [2.75, 3.05) is 26.2 Å². The van der Waals surface area contributed by atoms with E-state index in [9.17, 15) is 9.59 Å². The summed E-state index contributed by atoms with van der Waals surface area (Å²) in [5, 5.41) is 0. The van der Waals surface area contributed by atoms with Crippen molar-refractivity contribution in [3.8, 4) is 0 Å². The Morgan fingerprint density at radius 2 is 1.60 bits per heavy atom. The number of likely N-dealkylation sites (tertiary alicyclic amines) is 2. The van der Waals surface area contributed by atoms with Crippen molar-refractivity contribution < 1.29 is 14.3 Å². The van der Waals surface area contributed by atoms with E-state index in [4.69, 9.17) is 4.74 Å². The molecule has 3 rings (SSSR count). The molecule has 0 saturated carbocycles. The molecule has 2 heterocycles. The number of allylic oxidation sites excluding steroid dienone is 2. The average Bonchev–Trinajstić information content (AvgIpc) is 3.24. The third-order valence-corrected chi connectivity index (χ3v) is 5.67. The Kier molecular flexibility index (Phi) is 5.40. The largest absolute Gasteiger partial charge is 0.444 e. The van der Waals surface area contributed by atoms with E-state index < -0.39 is 5.60 Å². The summed E-state index contributed by atoms with van der Waals surface area (Å²) < 4.78 is 5.50. The summed E-state index contributed by atoms with van der Waals surface area (Å²) in [5.41, 5.74) is -0.446. The van der Waals surface area contributed by atoms with Crippen LogP contribution in [0.2, 0.25) is 0 Å². The number of piperidine rings is 1. The molecule has 0 aromatic carbocycles. The molecule has 1 aliphatic carbocycles. The predicted octanol–water partition coefficient (Wildman–Crippen LogP) is 3.45. The fourth-order valence-electron chi connectivity index (χ4n) is 4.34. The highest BCUT2D eigenvalue weighted by molar-refractivity contribution is 5.79. The molecule has 2 amide bonds. The van der Waals surface area contributed by atoms with Crippen LogP contribution in [-0.4, -0.2) is 53.6 Å². The van der Waals surface area contributed by atoms with E-state index in [1.165, 1.54) is 6.42 Å². The summed E-state index contributed by atoms with van der Waals surface area (Å²) in [7, 11) is 0. The van der Waals surface area contributed by atoms with E-state index in [0.29, 0.717) is 17.7 Å². The van der Waals surface area contributed by atoms with Gasteiger partial charge in [0, 0.05) is 32.1 Å². The Balaban J connectivity index is 1.52. The SMILES string of the molecule is CC(C)(C)OC(=O)N1CC[C@@H]([C@@H]2CCCN(C(=O)C3CC=CC3)C2)C1. The first kappa shape index (κ1) is 18.3. The second kappa shape index (κ2) is 7.38. The first-order valence-corrected chi connectivity index (χ1v) is 9.75. The molecule has 2 aliphatic heterocycles. The summed E-state index contributed by atoms with van der Waals surface area (Å²) in [5.74, 6) is 1.50. The minimum atomic E-state index is -0.446. The molecule has 0 bridgehead atoms. The van der Waals surface area contributed by atoms with E-state index in [2.05, 4.69) is 17.1 Å². The monoisotopic (exact) mass is 348 g/mol. The molecule has 3 aliphatic rings. The van der Waals surface area contributed by atoms with Gasteiger partial charge in [0.2, 0.25) is 5.91 Å². The Bertz CT molecular complexity index is 530. The number of rotatable bonds is 2. The van der Waals surface area contributed by atoms with E-state index in [0.717, 1.165) is 51.9 Å². The smallest absolute Gasteiger partial charge is 0.410 e. The van der Waals surface area contributed by atoms with Crippen molar-refractivity contribution in [1.29, 1.82) is 0 Å². The minimum absolute atomic E-state index is 0.167. The number of amides is 2. The maximum atomic E-state index is 12.7. The molecule has 2 atom stereocenters. The van der Waals surface area contributed by atoms with Crippen LogP contribution in [0.4, 0.5) is 4.79 Å². The quantitative estimate of drug-likeness (QED) is 0.718. The van der Waals surface area contributed by atoms with E-state index in [1.807, 2.05) is 25.7 Å². The van der Waals surface area contributed by atoms with Crippen LogP contribution in [0.1, 0.15) is 52.9 Å². The van der Waals surface area contributed by atoms with Gasteiger partial charge in [0.15, 0.2) is 0 Å². The second-order valence-electron chi connectivity index (χ2n) is 8.80. The molecule has 5 nitrogen and oxygen atoms in total. The van der Waals surface area contributed by atoms with Crippen molar-refractivity contribution in [2.45, 2.75) is 58.5 Å². The molecule has 2 fully saturated rings. The van der Waals surface area contributed by atoms with Crippen molar-refractivity contribution in [3.05, 3.63) is 12.2 Å². The third kappa shape index (κ3) is 4.56. The maximum Gasteiger partial charge on any atom is 0.410 e.